The number of hydrogen-bond donors (Lipinski definition) is 1. The van der Waals surface area contributed by atoms with E-state index in [0.717, 1.165) is 25.9 Å². The van der Waals surface area contributed by atoms with Crippen molar-refractivity contribution in [3.8, 4) is 11.3 Å². The first-order chi connectivity index (χ1) is 12.0. The van der Waals surface area contributed by atoms with Gasteiger partial charge in [-0.05, 0) is 45.0 Å². The standard InChI is InChI=1S/C18H21ClFN3O2/c1-3-23-9-5-6-12(23)10-21-18(24)15-11(2)25-22-17(15)16-13(19)7-4-8-14(16)20/h4,7-8,12H,3,5-6,9-10H2,1-2H3,(H,21,24)/t12-/m0/s1. The van der Waals surface area contributed by atoms with Gasteiger partial charge in [-0.2, -0.15) is 0 Å². The Morgan fingerprint density at radius 2 is 2.32 bits per heavy atom. The average Bonchev–Trinajstić information content (AvgIpc) is 3.19. The molecule has 0 aliphatic carbocycles. The molecule has 0 saturated carbocycles. The summed E-state index contributed by atoms with van der Waals surface area (Å²) in [5, 5.41) is 6.99. The van der Waals surface area contributed by atoms with Crippen molar-refractivity contribution in [2.75, 3.05) is 19.6 Å². The summed E-state index contributed by atoms with van der Waals surface area (Å²) in [6, 6.07) is 4.68. The molecule has 1 fully saturated rings. The molecule has 5 nitrogen and oxygen atoms in total. The number of nitrogens with one attached hydrogen (secondary N) is 1. The monoisotopic (exact) mass is 365 g/mol. The van der Waals surface area contributed by atoms with Crippen LogP contribution in [0.2, 0.25) is 5.02 Å². The van der Waals surface area contributed by atoms with Crippen LogP contribution in [0.5, 0.6) is 0 Å². The van der Waals surface area contributed by atoms with Crippen molar-refractivity contribution in [3.05, 3.63) is 40.4 Å². The Morgan fingerprint density at radius 3 is 3.04 bits per heavy atom. The zero-order valence-corrected chi connectivity index (χ0v) is 15.1. The number of aryl methyl sites for hydroxylation is 1. The average molecular weight is 366 g/mol. The summed E-state index contributed by atoms with van der Waals surface area (Å²) in [6.07, 6.45) is 2.19. The highest BCUT2D eigenvalue weighted by Crippen LogP contribution is 2.33. The SMILES string of the molecule is CCN1CCC[C@H]1CNC(=O)c1c(-c2c(F)cccc2Cl)noc1C. The maximum absolute atomic E-state index is 14.2. The number of benzene rings is 1. The van der Waals surface area contributed by atoms with Crippen LogP contribution in [0.1, 0.15) is 35.9 Å². The lowest BCUT2D eigenvalue weighted by molar-refractivity contribution is 0.0940. The molecule has 0 radical (unpaired) electrons. The highest BCUT2D eigenvalue weighted by molar-refractivity contribution is 6.33. The number of rotatable bonds is 5. The van der Waals surface area contributed by atoms with Gasteiger partial charge in [-0.15, -0.1) is 0 Å². The molecule has 1 aliphatic rings. The van der Waals surface area contributed by atoms with Gasteiger partial charge >= 0.3 is 0 Å². The fourth-order valence-corrected chi connectivity index (χ4v) is 3.63. The largest absolute Gasteiger partial charge is 0.360 e. The topological polar surface area (TPSA) is 58.4 Å². The Hall–Kier alpha value is -1.92. The van der Waals surface area contributed by atoms with Gasteiger partial charge in [0.15, 0.2) is 0 Å². The lowest BCUT2D eigenvalue weighted by Crippen LogP contribution is -2.40. The molecule has 25 heavy (non-hydrogen) atoms. The highest BCUT2D eigenvalue weighted by atomic mass is 35.5. The van der Waals surface area contributed by atoms with Crippen LogP contribution < -0.4 is 5.32 Å². The Bertz CT molecular complexity index is 757. The molecule has 2 heterocycles. The maximum Gasteiger partial charge on any atom is 0.257 e. The highest BCUT2D eigenvalue weighted by Gasteiger charge is 2.27. The summed E-state index contributed by atoms with van der Waals surface area (Å²) in [6.45, 7) is 6.31. The molecule has 3 rings (SSSR count). The van der Waals surface area contributed by atoms with E-state index in [1.807, 2.05) is 0 Å². The van der Waals surface area contributed by atoms with Crippen molar-refractivity contribution >= 4 is 17.5 Å². The van der Waals surface area contributed by atoms with Gasteiger partial charge < -0.3 is 9.84 Å². The summed E-state index contributed by atoms with van der Waals surface area (Å²) in [5.41, 5.74) is 0.451. The summed E-state index contributed by atoms with van der Waals surface area (Å²) >= 11 is 6.11. The molecule has 1 atom stereocenters. The summed E-state index contributed by atoms with van der Waals surface area (Å²) in [7, 11) is 0. The van der Waals surface area contributed by atoms with Crippen LogP contribution in [0.3, 0.4) is 0 Å². The molecular weight excluding hydrogens is 345 g/mol. The second-order valence-electron chi connectivity index (χ2n) is 6.19. The Balaban J connectivity index is 1.83. The molecule has 1 aromatic carbocycles. The van der Waals surface area contributed by atoms with Crippen LogP contribution in [0.4, 0.5) is 4.39 Å². The first kappa shape index (κ1) is 17.9. The van der Waals surface area contributed by atoms with Crippen molar-refractivity contribution in [2.24, 2.45) is 0 Å². The van der Waals surface area contributed by atoms with Crippen LogP contribution in [0.15, 0.2) is 22.7 Å². The van der Waals surface area contributed by atoms with Crippen LogP contribution in [0, 0.1) is 12.7 Å². The van der Waals surface area contributed by atoms with E-state index in [1.54, 1.807) is 13.0 Å². The predicted molar refractivity (Wildman–Crippen MR) is 94.2 cm³/mol. The lowest BCUT2D eigenvalue weighted by Gasteiger charge is -2.22. The molecule has 1 amide bonds. The van der Waals surface area contributed by atoms with E-state index in [2.05, 4.69) is 22.3 Å². The van der Waals surface area contributed by atoms with Gasteiger partial charge in [0, 0.05) is 12.6 Å². The van der Waals surface area contributed by atoms with Crippen LogP contribution >= 0.6 is 11.6 Å². The van der Waals surface area contributed by atoms with E-state index in [0.29, 0.717) is 18.3 Å². The first-order valence-corrected chi connectivity index (χ1v) is 8.83. The second kappa shape index (κ2) is 7.54. The van der Waals surface area contributed by atoms with Crippen molar-refractivity contribution in [2.45, 2.75) is 32.7 Å². The zero-order valence-electron chi connectivity index (χ0n) is 14.3. The van der Waals surface area contributed by atoms with Gasteiger partial charge in [-0.25, -0.2) is 4.39 Å². The predicted octanol–water partition coefficient (Wildman–Crippen LogP) is 3.66. The normalized spacial score (nSPS) is 17.8. The number of amides is 1. The lowest BCUT2D eigenvalue weighted by atomic mass is 10.0. The van der Waals surface area contributed by atoms with Gasteiger partial charge in [0.2, 0.25) is 0 Å². The van der Waals surface area contributed by atoms with Crippen molar-refractivity contribution in [1.82, 2.24) is 15.4 Å². The van der Waals surface area contributed by atoms with Gasteiger partial charge in [0.25, 0.3) is 5.91 Å². The first-order valence-electron chi connectivity index (χ1n) is 8.45. The number of aromatic nitrogens is 1. The summed E-state index contributed by atoms with van der Waals surface area (Å²) < 4.78 is 19.4. The van der Waals surface area contributed by atoms with E-state index in [9.17, 15) is 9.18 Å². The molecule has 1 aromatic heterocycles. The van der Waals surface area contributed by atoms with Gasteiger partial charge in [-0.1, -0.05) is 29.7 Å². The Morgan fingerprint density at radius 1 is 1.52 bits per heavy atom. The van der Waals surface area contributed by atoms with E-state index in [-0.39, 0.29) is 27.8 Å². The molecule has 1 aliphatic heterocycles. The summed E-state index contributed by atoms with van der Waals surface area (Å²) in [5.74, 6) is -0.524. The fraction of sp³-hybridized carbons (Fsp3) is 0.444. The number of likely N-dealkylation sites (tertiary alicyclic amines) is 1. The molecule has 0 spiro atoms. The smallest absolute Gasteiger partial charge is 0.257 e. The molecule has 2 aromatic rings. The van der Waals surface area contributed by atoms with E-state index >= 15 is 0 Å². The molecule has 0 unspecified atom stereocenters. The molecule has 7 heteroatoms. The molecule has 1 N–H and O–H groups in total. The van der Waals surface area contributed by atoms with Crippen molar-refractivity contribution in [3.63, 3.8) is 0 Å². The molecule has 134 valence electrons. The van der Waals surface area contributed by atoms with E-state index in [4.69, 9.17) is 16.1 Å². The number of nitrogens with zero attached hydrogens (tertiary/aromatic N) is 2. The molecular formula is C18H21ClFN3O2. The van der Waals surface area contributed by atoms with E-state index in [1.165, 1.54) is 12.1 Å². The van der Waals surface area contributed by atoms with E-state index < -0.39 is 5.82 Å². The summed E-state index contributed by atoms with van der Waals surface area (Å²) in [4.78, 5) is 15.0. The van der Waals surface area contributed by atoms with Crippen LogP contribution in [-0.4, -0.2) is 41.6 Å². The number of carbonyl (C=O) groups is 1. The second-order valence-corrected chi connectivity index (χ2v) is 6.60. The van der Waals surface area contributed by atoms with Crippen molar-refractivity contribution < 1.29 is 13.7 Å². The minimum Gasteiger partial charge on any atom is -0.360 e. The maximum atomic E-state index is 14.2. The van der Waals surface area contributed by atoms with Crippen LogP contribution in [0.25, 0.3) is 11.3 Å². The van der Waals surface area contributed by atoms with Gasteiger partial charge in [0.05, 0.1) is 10.6 Å². The number of halogens is 2. The minimum atomic E-state index is -0.539. The third-order valence-electron chi connectivity index (χ3n) is 4.69. The number of hydrogen-bond acceptors (Lipinski definition) is 4. The molecule has 1 saturated heterocycles. The third kappa shape index (κ3) is 3.55. The fourth-order valence-electron chi connectivity index (χ4n) is 3.38. The minimum absolute atomic E-state index is 0.0854. The Labute approximate surface area is 151 Å². The van der Waals surface area contributed by atoms with Crippen LogP contribution in [-0.2, 0) is 0 Å². The molecule has 0 bridgehead atoms. The van der Waals surface area contributed by atoms with Gasteiger partial charge in [0.1, 0.15) is 22.8 Å². The third-order valence-corrected chi connectivity index (χ3v) is 5.01. The zero-order chi connectivity index (χ0) is 18.0. The van der Waals surface area contributed by atoms with Gasteiger partial charge in [-0.3, -0.25) is 9.69 Å². The quantitative estimate of drug-likeness (QED) is 0.878. The number of carbonyl (C=O) groups excluding carboxylic acids is 1. The Kier molecular flexibility index (Phi) is 5.39. The number of likely N-dealkylation sites (N-methyl/N-ethyl adjacent to an activating group) is 1. The van der Waals surface area contributed by atoms with Crippen molar-refractivity contribution in [1.29, 1.82) is 0 Å².